The van der Waals surface area contributed by atoms with E-state index in [0.717, 1.165) is 89.9 Å². The first-order chi connectivity index (χ1) is 39.1. The number of aliphatic hydroxyl groups excluding tert-OH is 8. The predicted octanol–water partition coefficient (Wildman–Crippen LogP) is 11.4. The Hall–Kier alpha value is -3.09. The molecule has 14 heteroatoms. The van der Waals surface area contributed by atoms with Crippen LogP contribution in [-0.4, -0.2) is 140 Å². The Morgan fingerprint density at radius 1 is 0.463 bits per heavy atom. The summed E-state index contributed by atoms with van der Waals surface area (Å²) in [4.78, 5) is 13.3. The fourth-order valence-corrected chi connectivity index (χ4v) is 9.74. The Balaban J connectivity index is 1.70. The van der Waals surface area contributed by atoms with E-state index in [1.807, 2.05) is 6.08 Å². The largest absolute Gasteiger partial charge is 0.394 e. The Kier molecular flexibility index (Phi) is 46.0. The van der Waals surface area contributed by atoms with E-state index in [9.17, 15) is 45.6 Å². The summed E-state index contributed by atoms with van der Waals surface area (Å²) in [5, 5.41) is 87.1. The van der Waals surface area contributed by atoms with E-state index in [0.29, 0.717) is 6.42 Å². The molecular formula is C66H113NO13. The first-order valence-corrected chi connectivity index (χ1v) is 31.5. The zero-order valence-electron chi connectivity index (χ0n) is 49.5. The van der Waals surface area contributed by atoms with Gasteiger partial charge in [-0.3, -0.25) is 4.79 Å². The van der Waals surface area contributed by atoms with E-state index in [4.69, 9.17) is 18.9 Å². The highest BCUT2D eigenvalue weighted by Crippen LogP contribution is 2.30. The lowest BCUT2D eigenvalue weighted by atomic mass is 9.97. The Labute approximate surface area is 483 Å². The van der Waals surface area contributed by atoms with Gasteiger partial charge in [0.2, 0.25) is 5.91 Å². The van der Waals surface area contributed by atoms with Crippen molar-refractivity contribution >= 4 is 5.91 Å². The highest BCUT2D eigenvalue weighted by atomic mass is 16.7. The van der Waals surface area contributed by atoms with Gasteiger partial charge in [-0.1, -0.05) is 233 Å². The summed E-state index contributed by atoms with van der Waals surface area (Å²) in [7, 11) is 0. The topological polar surface area (TPSA) is 228 Å². The van der Waals surface area contributed by atoms with Gasteiger partial charge >= 0.3 is 0 Å². The van der Waals surface area contributed by atoms with Gasteiger partial charge in [0.15, 0.2) is 12.6 Å². The lowest BCUT2D eigenvalue weighted by molar-refractivity contribution is -0.359. The van der Waals surface area contributed by atoms with E-state index >= 15 is 0 Å². The SMILES string of the molecule is CC/C=C\C/C=C\C/C=C\C/C=C\C/C=C\C/C=C\C/C=C\CCCCCCCCCCCC(=O)NC(COC1OC(CO)C(OC2OC(CO)C(O)C(O)C2O)C(O)C1O)C(O)/C=C/CCCCCCCCCCCCCCC. The fraction of sp³-hybridized carbons (Fsp3) is 0.742. The Morgan fingerprint density at radius 3 is 1.32 bits per heavy atom. The van der Waals surface area contributed by atoms with Crippen LogP contribution in [0.1, 0.15) is 219 Å². The van der Waals surface area contributed by atoms with Gasteiger partial charge in [-0.25, -0.2) is 0 Å². The third-order valence-corrected chi connectivity index (χ3v) is 14.8. The van der Waals surface area contributed by atoms with Crippen LogP contribution in [0.25, 0.3) is 0 Å². The van der Waals surface area contributed by atoms with E-state index in [1.54, 1.807) is 6.08 Å². The van der Waals surface area contributed by atoms with Gasteiger partial charge in [0.25, 0.3) is 0 Å². The standard InChI is InChI=1S/C66H113NO13/c1-3-5-7-9-11-13-15-17-19-20-21-22-23-24-25-26-27-28-29-30-31-32-33-34-36-38-40-42-44-46-48-50-58(71)67-54(55(70)49-47-45-43-41-39-37-35-18-16-14-12-10-8-6-4-2)53-77-65-63(76)61(74)64(57(52-69)79-65)80-66-62(75)60(73)59(72)56(51-68)78-66/h5,7,11,13,17,19,21-22,24-25,27-28,30-31,47,49,54-57,59-66,68-70,72-76H,3-4,6,8-10,12,14-16,18,20,23,26,29,32-46,48,50-53H2,1-2H3,(H,67,71)/b7-5-,13-11-,19-17-,22-21-,25-24-,28-27-,31-30-,49-47+. The van der Waals surface area contributed by atoms with Crippen molar-refractivity contribution in [2.45, 2.75) is 293 Å². The van der Waals surface area contributed by atoms with Crippen LogP contribution in [0.2, 0.25) is 0 Å². The molecule has 2 fully saturated rings. The number of unbranched alkanes of at least 4 members (excludes halogenated alkanes) is 22. The second-order valence-electron chi connectivity index (χ2n) is 21.8. The molecule has 0 bridgehead atoms. The molecule has 2 rings (SSSR count). The fourth-order valence-electron chi connectivity index (χ4n) is 9.74. The average molecular weight is 1130 g/mol. The zero-order chi connectivity index (χ0) is 58.1. The minimum atomic E-state index is -1.79. The number of amides is 1. The second kappa shape index (κ2) is 50.4. The quantitative estimate of drug-likeness (QED) is 0.0204. The zero-order valence-corrected chi connectivity index (χ0v) is 49.5. The molecule has 2 heterocycles. The number of aliphatic hydroxyl groups is 8. The molecule has 0 aromatic carbocycles. The summed E-state index contributed by atoms with van der Waals surface area (Å²) < 4.78 is 22.8. The van der Waals surface area contributed by atoms with Crippen molar-refractivity contribution < 1.29 is 64.6 Å². The molecule has 80 heavy (non-hydrogen) atoms. The predicted molar refractivity (Wildman–Crippen MR) is 323 cm³/mol. The second-order valence-corrected chi connectivity index (χ2v) is 21.8. The van der Waals surface area contributed by atoms with E-state index in [2.05, 4.69) is 104 Å². The van der Waals surface area contributed by atoms with Crippen molar-refractivity contribution in [2.24, 2.45) is 0 Å². The van der Waals surface area contributed by atoms with Crippen LogP contribution in [-0.2, 0) is 23.7 Å². The molecule has 0 aromatic rings. The monoisotopic (exact) mass is 1130 g/mol. The maximum Gasteiger partial charge on any atom is 0.220 e. The summed E-state index contributed by atoms with van der Waals surface area (Å²) >= 11 is 0. The Bertz CT molecular complexity index is 1710. The third kappa shape index (κ3) is 35.1. The molecule has 0 radical (unpaired) electrons. The molecule has 0 aromatic heterocycles. The molecule has 12 atom stereocenters. The number of hydrogen-bond acceptors (Lipinski definition) is 13. The van der Waals surface area contributed by atoms with Crippen molar-refractivity contribution in [3.63, 3.8) is 0 Å². The highest BCUT2D eigenvalue weighted by molar-refractivity contribution is 5.76. The number of rotatable bonds is 49. The summed E-state index contributed by atoms with van der Waals surface area (Å²) in [6.45, 7) is 2.67. The maximum atomic E-state index is 13.3. The first kappa shape index (κ1) is 73.0. The minimum absolute atomic E-state index is 0.250. The lowest BCUT2D eigenvalue weighted by Crippen LogP contribution is -2.65. The maximum absolute atomic E-state index is 13.3. The number of allylic oxidation sites excluding steroid dienone is 15. The van der Waals surface area contributed by atoms with Crippen LogP contribution in [0.3, 0.4) is 0 Å². The number of nitrogens with one attached hydrogen (secondary N) is 1. The number of hydrogen-bond donors (Lipinski definition) is 9. The summed E-state index contributed by atoms with van der Waals surface area (Å²) in [6, 6.07) is -0.924. The van der Waals surface area contributed by atoms with Gasteiger partial charge in [0.1, 0.15) is 48.8 Å². The molecule has 2 saturated heterocycles. The molecular weight excluding hydrogens is 1010 g/mol. The lowest BCUT2D eigenvalue weighted by Gasteiger charge is -2.46. The van der Waals surface area contributed by atoms with Gasteiger partial charge in [-0.15, -0.1) is 0 Å². The molecule has 0 spiro atoms. The van der Waals surface area contributed by atoms with E-state index < -0.39 is 86.8 Å². The third-order valence-electron chi connectivity index (χ3n) is 14.8. The molecule has 2 aliphatic heterocycles. The highest BCUT2D eigenvalue weighted by Gasteiger charge is 2.51. The Morgan fingerprint density at radius 2 is 0.863 bits per heavy atom. The van der Waals surface area contributed by atoms with Gasteiger partial charge < -0.3 is 65.1 Å². The molecule has 460 valence electrons. The first-order valence-electron chi connectivity index (χ1n) is 31.5. The smallest absolute Gasteiger partial charge is 0.220 e. The van der Waals surface area contributed by atoms with Crippen LogP contribution in [0.4, 0.5) is 0 Å². The van der Waals surface area contributed by atoms with Crippen molar-refractivity contribution in [1.82, 2.24) is 5.32 Å². The molecule has 0 aliphatic carbocycles. The van der Waals surface area contributed by atoms with Crippen LogP contribution in [0.5, 0.6) is 0 Å². The van der Waals surface area contributed by atoms with E-state index in [-0.39, 0.29) is 18.9 Å². The molecule has 0 saturated carbocycles. The molecule has 14 nitrogen and oxygen atoms in total. The van der Waals surface area contributed by atoms with E-state index in [1.165, 1.54) is 103 Å². The molecule has 1 amide bonds. The number of carbonyl (C=O) groups is 1. The summed E-state index contributed by atoms with van der Waals surface area (Å²) in [6.07, 6.45) is 53.0. The minimum Gasteiger partial charge on any atom is -0.394 e. The van der Waals surface area contributed by atoms with Gasteiger partial charge in [0, 0.05) is 6.42 Å². The number of ether oxygens (including phenoxy) is 4. The summed E-state index contributed by atoms with van der Waals surface area (Å²) in [5.41, 5.74) is 0. The number of carbonyl (C=O) groups excluding carboxylic acids is 1. The van der Waals surface area contributed by atoms with Crippen molar-refractivity contribution in [3.05, 3.63) is 97.2 Å². The van der Waals surface area contributed by atoms with Crippen molar-refractivity contribution in [3.8, 4) is 0 Å². The summed E-state index contributed by atoms with van der Waals surface area (Å²) in [5.74, 6) is -0.250. The normalized spacial score (nSPS) is 24.9. The van der Waals surface area contributed by atoms with Crippen molar-refractivity contribution in [1.29, 1.82) is 0 Å². The van der Waals surface area contributed by atoms with Gasteiger partial charge in [-0.05, 0) is 77.0 Å². The average Bonchev–Trinajstić information content (AvgIpc) is 3.46. The molecule has 9 N–H and O–H groups in total. The van der Waals surface area contributed by atoms with Crippen LogP contribution in [0.15, 0.2) is 97.2 Å². The molecule has 2 aliphatic rings. The molecule has 12 unspecified atom stereocenters. The van der Waals surface area contributed by atoms with Crippen LogP contribution < -0.4 is 5.32 Å². The van der Waals surface area contributed by atoms with Gasteiger partial charge in [0.05, 0.1) is 32.0 Å². The van der Waals surface area contributed by atoms with Crippen molar-refractivity contribution in [2.75, 3.05) is 19.8 Å². The van der Waals surface area contributed by atoms with Crippen LogP contribution in [0, 0.1) is 0 Å². The van der Waals surface area contributed by atoms with Gasteiger partial charge in [-0.2, -0.15) is 0 Å². The van der Waals surface area contributed by atoms with Crippen LogP contribution >= 0.6 is 0 Å².